The molecule has 2 aromatic heterocycles. The predicted molar refractivity (Wildman–Crippen MR) is 84.6 cm³/mol. The van der Waals surface area contributed by atoms with E-state index >= 15 is 0 Å². The van der Waals surface area contributed by atoms with Crippen molar-refractivity contribution in [2.24, 2.45) is 0 Å². The smallest absolute Gasteiger partial charge is 0.320 e. The first kappa shape index (κ1) is 14.1. The van der Waals surface area contributed by atoms with E-state index in [-0.39, 0.29) is 6.03 Å². The molecule has 0 aromatic carbocycles. The van der Waals surface area contributed by atoms with Gasteiger partial charge in [-0.2, -0.15) is 5.10 Å². The van der Waals surface area contributed by atoms with E-state index in [1.54, 1.807) is 17.5 Å². The molecule has 2 heterocycles. The van der Waals surface area contributed by atoms with E-state index in [0.717, 1.165) is 18.7 Å². The zero-order chi connectivity index (χ0) is 14.7. The van der Waals surface area contributed by atoms with Gasteiger partial charge < -0.3 is 5.32 Å². The topological polar surface area (TPSA) is 59.0 Å². The second-order valence-corrected chi connectivity index (χ2v) is 6.43. The van der Waals surface area contributed by atoms with E-state index in [4.69, 9.17) is 0 Å². The minimum atomic E-state index is -0.178. The maximum atomic E-state index is 12.0. The first-order chi connectivity index (χ1) is 10.2. The van der Waals surface area contributed by atoms with Gasteiger partial charge >= 0.3 is 6.03 Å². The van der Waals surface area contributed by atoms with Crippen molar-refractivity contribution in [1.29, 1.82) is 0 Å². The maximum absolute atomic E-state index is 12.0. The van der Waals surface area contributed by atoms with Crippen LogP contribution in [0.5, 0.6) is 0 Å². The van der Waals surface area contributed by atoms with Gasteiger partial charge in [0.2, 0.25) is 0 Å². The van der Waals surface area contributed by atoms with E-state index in [2.05, 4.69) is 28.7 Å². The highest BCUT2D eigenvalue weighted by Gasteiger charge is 2.20. The van der Waals surface area contributed by atoms with Gasteiger partial charge in [0.05, 0.1) is 18.8 Å². The molecule has 2 amide bonds. The van der Waals surface area contributed by atoms with Gasteiger partial charge in [0.25, 0.3) is 0 Å². The average Bonchev–Trinajstić information content (AvgIpc) is 3.17. The van der Waals surface area contributed by atoms with Gasteiger partial charge in [-0.05, 0) is 36.8 Å². The molecule has 2 aromatic rings. The molecule has 0 saturated heterocycles. The minimum Gasteiger partial charge on any atom is -0.333 e. The van der Waals surface area contributed by atoms with Crippen LogP contribution in [0.2, 0.25) is 0 Å². The van der Waals surface area contributed by atoms with Crippen LogP contribution in [0.3, 0.4) is 0 Å². The molecule has 112 valence electrons. The average molecular weight is 304 g/mol. The van der Waals surface area contributed by atoms with Gasteiger partial charge in [-0.25, -0.2) is 9.48 Å². The van der Waals surface area contributed by atoms with Crippen molar-refractivity contribution in [3.05, 3.63) is 34.2 Å². The number of carbonyl (C=O) groups excluding carboxylic acids is 1. The third kappa shape index (κ3) is 3.26. The fourth-order valence-electron chi connectivity index (χ4n) is 2.76. The van der Waals surface area contributed by atoms with Gasteiger partial charge in [0.1, 0.15) is 5.82 Å². The Morgan fingerprint density at radius 2 is 2.24 bits per heavy atom. The van der Waals surface area contributed by atoms with Crippen LogP contribution in [0.25, 0.3) is 0 Å². The van der Waals surface area contributed by atoms with E-state index in [0.29, 0.717) is 12.6 Å². The number of nitrogens with one attached hydrogen (secondary N) is 2. The van der Waals surface area contributed by atoms with Crippen LogP contribution < -0.4 is 10.6 Å². The molecule has 0 bridgehead atoms. The molecule has 0 spiro atoms. The largest absolute Gasteiger partial charge is 0.333 e. The summed E-state index contributed by atoms with van der Waals surface area (Å²) in [4.78, 5) is 13.2. The summed E-state index contributed by atoms with van der Waals surface area (Å²) >= 11 is 1.66. The number of rotatable bonds is 4. The van der Waals surface area contributed by atoms with Crippen LogP contribution in [-0.2, 0) is 6.54 Å². The third-order valence-corrected chi connectivity index (χ3v) is 4.98. The van der Waals surface area contributed by atoms with Gasteiger partial charge in [-0.1, -0.05) is 12.8 Å². The van der Waals surface area contributed by atoms with Gasteiger partial charge in [-0.3, -0.25) is 5.32 Å². The zero-order valence-corrected chi connectivity index (χ0v) is 12.9. The fraction of sp³-hybridized carbons (Fsp3) is 0.467. The lowest BCUT2D eigenvalue weighted by Gasteiger charge is -2.15. The van der Waals surface area contributed by atoms with E-state index in [1.807, 2.05) is 16.1 Å². The van der Waals surface area contributed by atoms with Crippen molar-refractivity contribution >= 4 is 23.2 Å². The van der Waals surface area contributed by atoms with E-state index < -0.39 is 0 Å². The Bertz CT molecular complexity index is 613. The highest BCUT2D eigenvalue weighted by Crippen LogP contribution is 2.31. The summed E-state index contributed by atoms with van der Waals surface area (Å²) in [5.41, 5.74) is 1.22. The molecule has 1 aliphatic carbocycles. The number of aromatic nitrogens is 2. The van der Waals surface area contributed by atoms with Crippen LogP contribution in [0, 0.1) is 6.92 Å². The van der Waals surface area contributed by atoms with Crippen molar-refractivity contribution in [2.75, 3.05) is 5.32 Å². The second kappa shape index (κ2) is 6.30. The number of thiophene rings is 1. The molecule has 21 heavy (non-hydrogen) atoms. The molecule has 5 nitrogen and oxygen atoms in total. The van der Waals surface area contributed by atoms with E-state index in [9.17, 15) is 4.79 Å². The Kier molecular flexibility index (Phi) is 4.24. The monoisotopic (exact) mass is 304 g/mol. The van der Waals surface area contributed by atoms with Crippen molar-refractivity contribution in [2.45, 2.75) is 45.2 Å². The fourth-order valence-corrected chi connectivity index (χ4v) is 3.61. The maximum Gasteiger partial charge on any atom is 0.320 e. The summed E-state index contributed by atoms with van der Waals surface area (Å²) < 4.78 is 1.95. The molecule has 3 rings (SSSR count). The molecular formula is C15H20N4OS. The highest BCUT2D eigenvalue weighted by atomic mass is 32.1. The highest BCUT2D eigenvalue weighted by molar-refractivity contribution is 7.10. The molecule has 6 heteroatoms. The number of nitrogens with zero attached hydrogens (tertiary/aromatic N) is 2. The SMILES string of the molecule is Cc1ccsc1CNC(=O)Nc1ccnn1C1CCCC1. The van der Waals surface area contributed by atoms with Crippen LogP contribution in [0.1, 0.15) is 42.2 Å². The Morgan fingerprint density at radius 1 is 1.43 bits per heavy atom. The molecule has 1 saturated carbocycles. The first-order valence-electron chi connectivity index (χ1n) is 7.35. The first-order valence-corrected chi connectivity index (χ1v) is 8.23. The zero-order valence-electron chi connectivity index (χ0n) is 12.1. The number of urea groups is 1. The minimum absolute atomic E-state index is 0.178. The Morgan fingerprint density at radius 3 is 2.95 bits per heavy atom. The molecule has 0 radical (unpaired) electrons. The summed E-state index contributed by atoms with van der Waals surface area (Å²) in [6, 6.07) is 4.17. The number of aryl methyl sites for hydroxylation is 1. The summed E-state index contributed by atoms with van der Waals surface area (Å²) in [6.07, 6.45) is 6.53. The standard InChI is InChI=1S/C15H20N4OS/c1-11-7-9-21-13(11)10-16-15(20)18-14-6-8-17-19(14)12-4-2-3-5-12/h6-9,12H,2-5,10H2,1H3,(H2,16,18,20). The second-order valence-electron chi connectivity index (χ2n) is 5.43. The van der Waals surface area contributed by atoms with Crippen molar-refractivity contribution in [1.82, 2.24) is 15.1 Å². The lowest BCUT2D eigenvalue weighted by molar-refractivity contribution is 0.251. The lowest BCUT2D eigenvalue weighted by Crippen LogP contribution is -2.29. The number of anilines is 1. The Hall–Kier alpha value is -1.82. The molecule has 0 aliphatic heterocycles. The molecule has 0 unspecified atom stereocenters. The molecule has 0 atom stereocenters. The van der Waals surface area contributed by atoms with Crippen LogP contribution in [-0.4, -0.2) is 15.8 Å². The van der Waals surface area contributed by atoms with Gasteiger partial charge in [-0.15, -0.1) is 11.3 Å². The summed E-state index contributed by atoms with van der Waals surface area (Å²) in [7, 11) is 0. The van der Waals surface area contributed by atoms with Crippen LogP contribution in [0.15, 0.2) is 23.7 Å². The number of amides is 2. The van der Waals surface area contributed by atoms with Gasteiger partial charge in [0.15, 0.2) is 0 Å². The summed E-state index contributed by atoms with van der Waals surface area (Å²) in [5.74, 6) is 0.780. The van der Waals surface area contributed by atoms with Crippen molar-refractivity contribution in [3.8, 4) is 0 Å². The molecule has 1 aliphatic rings. The van der Waals surface area contributed by atoms with Crippen molar-refractivity contribution < 1.29 is 4.79 Å². The molecular weight excluding hydrogens is 284 g/mol. The lowest BCUT2D eigenvalue weighted by atomic mass is 10.2. The number of carbonyl (C=O) groups is 1. The normalized spacial score (nSPS) is 15.3. The summed E-state index contributed by atoms with van der Waals surface area (Å²) in [5, 5.41) is 12.2. The van der Waals surface area contributed by atoms with Gasteiger partial charge in [0, 0.05) is 10.9 Å². The molecule has 1 fully saturated rings. The van der Waals surface area contributed by atoms with Crippen LogP contribution >= 0.6 is 11.3 Å². The molecule has 2 N–H and O–H groups in total. The third-order valence-electron chi connectivity index (χ3n) is 3.96. The van der Waals surface area contributed by atoms with Crippen molar-refractivity contribution in [3.63, 3.8) is 0 Å². The Balaban J connectivity index is 1.57. The number of hydrogen-bond donors (Lipinski definition) is 2. The Labute approximate surface area is 128 Å². The predicted octanol–water partition coefficient (Wildman–Crippen LogP) is 3.69. The number of hydrogen-bond acceptors (Lipinski definition) is 3. The van der Waals surface area contributed by atoms with E-state index in [1.165, 1.54) is 23.3 Å². The summed E-state index contributed by atoms with van der Waals surface area (Å²) in [6.45, 7) is 2.62. The van der Waals surface area contributed by atoms with Crippen LogP contribution in [0.4, 0.5) is 10.6 Å². The quantitative estimate of drug-likeness (QED) is 0.905.